The molecule has 4 amide bonds. The van der Waals surface area contributed by atoms with E-state index in [9.17, 15) is 24.7 Å². The number of nitrogens with zero attached hydrogens (tertiary/aromatic N) is 7. The van der Waals surface area contributed by atoms with Crippen molar-refractivity contribution in [2.45, 2.75) is 122 Å². The van der Waals surface area contributed by atoms with E-state index in [0.717, 1.165) is 17.0 Å². The number of likely N-dealkylation sites (N-methyl/N-ethyl adjacent to an activating group) is 2. The lowest BCUT2D eigenvalue weighted by atomic mass is 9.89. The molecule has 2 unspecified atom stereocenters. The van der Waals surface area contributed by atoms with Crippen molar-refractivity contribution in [3.05, 3.63) is 62.9 Å². The van der Waals surface area contributed by atoms with Crippen molar-refractivity contribution in [1.82, 2.24) is 30.3 Å². The van der Waals surface area contributed by atoms with E-state index in [2.05, 4.69) is 25.6 Å². The van der Waals surface area contributed by atoms with E-state index < -0.39 is 48.2 Å². The van der Waals surface area contributed by atoms with E-state index in [4.69, 9.17) is 9.47 Å². The molecule has 1 aromatic heterocycles. The summed E-state index contributed by atoms with van der Waals surface area (Å²) in [6.07, 6.45) is 3.07. The maximum atomic E-state index is 14.4. The molecular formula is C41H65N9O6S. The topological polar surface area (TPSA) is 182 Å². The van der Waals surface area contributed by atoms with Crippen LogP contribution >= 0.6 is 11.3 Å². The Morgan fingerprint density at radius 1 is 1.04 bits per heavy atom. The molecule has 2 aromatic rings. The minimum atomic E-state index is -1.15. The van der Waals surface area contributed by atoms with Gasteiger partial charge in [0, 0.05) is 44.3 Å². The van der Waals surface area contributed by atoms with Gasteiger partial charge in [-0.05, 0) is 56.3 Å². The number of carbonyl (C=O) groups excluding carboxylic acids is 4. The second-order valence-corrected chi connectivity index (χ2v) is 16.7. The summed E-state index contributed by atoms with van der Waals surface area (Å²) in [7, 11) is 8.33. The SMILES string of the molecule is CC[C@H](C)[C@@H]([C@@H](CC(=O)N1CCCC1[C@H](OC)[C@@H](C)C(=O)N[C@@H](Cc1ccccc1)c1nccs1)OC)N(C)C(=O)[C@@H](NC(=O)C(C(C)C)N(C)C)[C@H](C)N=[N+]=[N-]. The Bertz CT molecular complexity index is 1620. The summed E-state index contributed by atoms with van der Waals surface area (Å²) in [5, 5.41) is 12.6. The highest BCUT2D eigenvalue weighted by Crippen LogP contribution is 2.30. The number of benzene rings is 1. The number of rotatable bonds is 22. The lowest BCUT2D eigenvalue weighted by molar-refractivity contribution is -0.147. The second-order valence-electron chi connectivity index (χ2n) is 15.8. The van der Waals surface area contributed by atoms with Crippen LogP contribution < -0.4 is 10.6 Å². The highest BCUT2D eigenvalue weighted by atomic mass is 32.1. The number of azide groups is 1. The fourth-order valence-electron chi connectivity index (χ4n) is 8.19. The van der Waals surface area contributed by atoms with Gasteiger partial charge in [-0.2, -0.15) is 0 Å². The first-order valence-electron chi connectivity index (χ1n) is 20.0. The van der Waals surface area contributed by atoms with Crippen LogP contribution in [0.4, 0.5) is 0 Å². The van der Waals surface area contributed by atoms with Crippen molar-refractivity contribution >= 4 is 35.0 Å². The Hall–Kier alpha value is -4.08. The molecule has 1 aliphatic heterocycles. The van der Waals surface area contributed by atoms with Crippen LogP contribution in [0.25, 0.3) is 10.4 Å². The lowest BCUT2D eigenvalue weighted by Gasteiger charge is -2.41. The van der Waals surface area contributed by atoms with Crippen LogP contribution in [0.1, 0.15) is 83.8 Å². The molecule has 1 aromatic carbocycles. The van der Waals surface area contributed by atoms with Crippen molar-refractivity contribution in [3.8, 4) is 0 Å². The molecule has 10 atom stereocenters. The number of amides is 4. The molecule has 2 heterocycles. The number of hydrogen-bond donors (Lipinski definition) is 2. The average molecular weight is 812 g/mol. The maximum Gasteiger partial charge on any atom is 0.245 e. The molecule has 57 heavy (non-hydrogen) atoms. The quantitative estimate of drug-likeness (QED) is 0.0921. The Kier molecular flexibility index (Phi) is 18.9. The number of likely N-dealkylation sites (tertiary alicyclic amines) is 1. The molecule has 16 heteroatoms. The van der Waals surface area contributed by atoms with E-state index in [0.29, 0.717) is 25.8 Å². The smallest absolute Gasteiger partial charge is 0.245 e. The molecule has 15 nitrogen and oxygen atoms in total. The third kappa shape index (κ3) is 12.5. The van der Waals surface area contributed by atoms with Crippen molar-refractivity contribution in [1.29, 1.82) is 0 Å². The lowest BCUT2D eigenvalue weighted by Crippen LogP contribution is -2.60. The second kappa shape index (κ2) is 22.8. The number of hydrogen-bond acceptors (Lipinski definition) is 10. The average Bonchev–Trinajstić information content (AvgIpc) is 3.90. The van der Waals surface area contributed by atoms with Gasteiger partial charge < -0.3 is 29.9 Å². The van der Waals surface area contributed by atoms with E-state index in [1.165, 1.54) is 23.3 Å². The molecular weight excluding hydrogens is 747 g/mol. The minimum Gasteiger partial charge on any atom is -0.379 e. The Labute approximate surface area is 342 Å². The molecule has 3 rings (SSSR count). The van der Waals surface area contributed by atoms with Crippen molar-refractivity contribution in [3.63, 3.8) is 0 Å². The molecule has 0 spiro atoms. The highest BCUT2D eigenvalue weighted by Gasteiger charge is 2.43. The van der Waals surface area contributed by atoms with Crippen molar-refractivity contribution in [2.24, 2.45) is 22.9 Å². The Balaban J connectivity index is 1.83. The van der Waals surface area contributed by atoms with E-state index >= 15 is 0 Å². The number of methoxy groups -OCH3 is 2. The molecule has 1 saturated heterocycles. The first-order valence-corrected chi connectivity index (χ1v) is 20.9. The maximum absolute atomic E-state index is 14.4. The van der Waals surface area contributed by atoms with Gasteiger partial charge in [-0.15, -0.1) is 11.3 Å². The molecule has 1 fully saturated rings. The third-order valence-electron chi connectivity index (χ3n) is 11.3. The van der Waals surface area contributed by atoms with Gasteiger partial charge in [0.15, 0.2) is 0 Å². The van der Waals surface area contributed by atoms with Gasteiger partial charge >= 0.3 is 0 Å². The standard InChI is InChI=1S/C41H65N9O6S/c1-12-26(4)36(49(9)41(54)34(28(6)46-47-42)45-39(53)35(25(2)3)48(7)8)32(55-10)24-33(51)50-21-16-19-31(50)37(56-11)27(5)38(52)44-30(40-43-20-22-57-40)23-29-17-14-13-15-18-29/h13-15,17-18,20,22,25-28,30-32,34-37H,12,16,19,21,23-24H2,1-11H3,(H,44,52)(H,45,53)/t26-,27+,28-,30-,31?,32+,34-,35?,36-,37+/m0/s1. The van der Waals surface area contributed by atoms with Crippen LogP contribution in [0.2, 0.25) is 0 Å². The van der Waals surface area contributed by atoms with Crippen LogP contribution in [-0.2, 0) is 35.1 Å². The van der Waals surface area contributed by atoms with Gasteiger partial charge in [0.25, 0.3) is 0 Å². The van der Waals surface area contributed by atoms with Gasteiger partial charge in [0.2, 0.25) is 23.6 Å². The normalized spacial score (nSPS) is 19.0. The number of ether oxygens (including phenoxy) is 2. The summed E-state index contributed by atoms with van der Waals surface area (Å²) in [5.41, 5.74) is 10.4. The van der Waals surface area contributed by atoms with E-state index in [1.54, 1.807) is 51.2 Å². The van der Waals surface area contributed by atoms with Crippen LogP contribution in [0, 0.1) is 17.8 Å². The minimum absolute atomic E-state index is 0.0290. The molecule has 2 N–H and O–H groups in total. The third-order valence-corrected chi connectivity index (χ3v) is 12.2. The predicted molar refractivity (Wildman–Crippen MR) is 222 cm³/mol. The van der Waals surface area contributed by atoms with Crippen molar-refractivity contribution < 1.29 is 28.7 Å². The van der Waals surface area contributed by atoms with Gasteiger partial charge in [-0.3, -0.25) is 24.1 Å². The fourth-order valence-corrected chi connectivity index (χ4v) is 8.88. The summed E-state index contributed by atoms with van der Waals surface area (Å²) < 4.78 is 12.0. The van der Waals surface area contributed by atoms with Gasteiger partial charge in [-0.25, -0.2) is 4.98 Å². The largest absolute Gasteiger partial charge is 0.379 e. The Morgan fingerprint density at radius 3 is 2.26 bits per heavy atom. The van der Waals surface area contributed by atoms with Crippen LogP contribution in [0.15, 0.2) is 47.0 Å². The fraction of sp³-hybridized carbons (Fsp3) is 0.683. The molecule has 1 aliphatic rings. The molecule has 0 saturated carbocycles. The van der Waals surface area contributed by atoms with Gasteiger partial charge in [0.1, 0.15) is 11.0 Å². The highest BCUT2D eigenvalue weighted by molar-refractivity contribution is 7.09. The van der Waals surface area contributed by atoms with Crippen LogP contribution in [-0.4, -0.2) is 128 Å². The zero-order chi connectivity index (χ0) is 42.4. The number of carbonyl (C=O) groups is 4. The van der Waals surface area contributed by atoms with E-state index in [-0.39, 0.29) is 48.1 Å². The van der Waals surface area contributed by atoms with Crippen molar-refractivity contribution in [2.75, 3.05) is 41.9 Å². The van der Waals surface area contributed by atoms with E-state index in [1.807, 2.05) is 70.3 Å². The molecule has 0 bridgehead atoms. The number of nitrogens with one attached hydrogen (secondary N) is 2. The molecule has 0 radical (unpaired) electrons. The summed E-state index contributed by atoms with van der Waals surface area (Å²) in [6.45, 7) is 11.8. The number of thiazole rings is 1. The summed E-state index contributed by atoms with van der Waals surface area (Å²) >= 11 is 1.49. The Morgan fingerprint density at radius 2 is 1.72 bits per heavy atom. The number of aromatic nitrogens is 1. The monoisotopic (exact) mass is 811 g/mol. The first kappa shape index (κ1) is 47.3. The van der Waals surface area contributed by atoms with Gasteiger partial charge in [0.05, 0.1) is 54.8 Å². The first-order chi connectivity index (χ1) is 27.1. The van der Waals surface area contributed by atoms with Crippen LogP contribution in [0.3, 0.4) is 0 Å². The summed E-state index contributed by atoms with van der Waals surface area (Å²) in [6, 6.07) is 6.13. The van der Waals surface area contributed by atoms with Crippen LogP contribution in [0.5, 0.6) is 0 Å². The van der Waals surface area contributed by atoms with Gasteiger partial charge in [-0.1, -0.05) is 83.4 Å². The zero-order valence-electron chi connectivity index (χ0n) is 35.6. The molecule has 316 valence electrons. The summed E-state index contributed by atoms with van der Waals surface area (Å²) in [5.74, 6) is -1.92. The zero-order valence-corrected chi connectivity index (χ0v) is 36.4. The summed E-state index contributed by atoms with van der Waals surface area (Å²) in [4.78, 5) is 68.7. The molecule has 0 aliphatic carbocycles. The predicted octanol–water partition coefficient (Wildman–Crippen LogP) is 5.23.